The fourth-order valence-corrected chi connectivity index (χ4v) is 6.36. The van der Waals surface area contributed by atoms with Crippen LogP contribution in [0.5, 0.6) is 5.75 Å². The molecule has 7 rings (SSSR count). The quantitative estimate of drug-likeness (QED) is 0.172. The van der Waals surface area contributed by atoms with Crippen LogP contribution in [0, 0.1) is 17.8 Å². The van der Waals surface area contributed by atoms with Crippen LogP contribution >= 0.6 is 0 Å². The van der Waals surface area contributed by atoms with Crippen LogP contribution in [0.3, 0.4) is 0 Å². The van der Waals surface area contributed by atoms with E-state index in [1.165, 1.54) is 24.0 Å². The second-order valence-electron chi connectivity index (χ2n) is 14.6. The summed E-state index contributed by atoms with van der Waals surface area (Å²) in [5.41, 5.74) is 5.83. The molecule has 0 spiro atoms. The van der Waals surface area contributed by atoms with E-state index < -0.39 is 0 Å². The zero-order chi connectivity index (χ0) is 31.3. The molecule has 0 amide bonds. The number of fused-ring (bicyclic) bond motifs is 2. The summed E-state index contributed by atoms with van der Waals surface area (Å²) < 4.78 is 18.8. The van der Waals surface area contributed by atoms with Crippen molar-refractivity contribution in [3.63, 3.8) is 0 Å². The Bertz CT molecular complexity index is 1720. The fraction of sp³-hybridized carbons (Fsp3) is 0.368. The van der Waals surface area contributed by atoms with Crippen molar-refractivity contribution in [3.8, 4) is 51.6 Å². The zero-order valence-electron chi connectivity index (χ0n) is 26.9. The lowest BCUT2D eigenvalue weighted by atomic mass is 9.87. The molecular weight excluding hydrogens is 560 g/mol. The summed E-state index contributed by atoms with van der Waals surface area (Å²) in [4.78, 5) is 0. The molecule has 0 N–H and O–H groups in total. The first-order valence-electron chi connectivity index (χ1n) is 15.9. The Balaban J connectivity index is 1.19. The normalized spacial score (nSPS) is 19.4. The molecule has 2 aromatic heterocycles. The number of ether oxygens (including phenoxy) is 1. The molecule has 2 heterocycles. The van der Waals surface area contributed by atoms with Crippen molar-refractivity contribution in [1.29, 1.82) is 0 Å². The van der Waals surface area contributed by atoms with Crippen molar-refractivity contribution >= 4 is 0 Å². The summed E-state index contributed by atoms with van der Waals surface area (Å²) in [5.74, 6) is 4.24. The van der Waals surface area contributed by atoms with E-state index in [9.17, 15) is 0 Å². The molecule has 45 heavy (non-hydrogen) atoms. The maximum absolute atomic E-state index is 6.43. The Morgan fingerprint density at radius 3 is 1.47 bits per heavy atom. The predicted octanol–water partition coefficient (Wildman–Crippen LogP) is 9.31. The Kier molecular flexibility index (Phi) is 7.22. The van der Waals surface area contributed by atoms with Gasteiger partial charge in [0.15, 0.2) is 0 Å². The molecule has 3 atom stereocenters. The van der Waals surface area contributed by atoms with E-state index in [4.69, 9.17) is 13.6 Å². The zero-order valence-corrected chi connectivity index (χ0v) is 26.9. The molecule has 230 valence electrons. The minimum atomic E-state index is 0.0637. The lowest BCUT2D eigenvalue weighted by Crippen LogP contribution is -2.16. The number of rotatable bonds is 7. The van der Waals surface area contributed by atoms with Gasteiger partial charge in [-0.05, 0) is 95.0 Å². The number of nitrogens with zero attached hydrogens (tertiary/aromatic N) is 4. The first kappa shape index (κ1) is 29.2. The van der Waals surface area contributed by atoms with Crippen molar-refractivity contribution < 1.29 is 13.6 Å². The van der Waals surface area contributed by atoms with E-state index in [1.54, 1.807) is 0 Å². The van der Waals surface area contributed by atoms with Gasteiger partial charge in [0.25, 0.3) is 0 Å². The topological polar surface area (TPSA) is 87.1 Å². The van der Waals surface area contributed by atoms with Gasteiger partial charge in [0.05, 0.1) is 6.61 Å². The van der Waals surface area contributed by atoms with E-state index in [-0.39, 0.29) is 10.8 Å². The first-order chi connectivity index (χ1) is 21.5. The average molecular weight is 601 g/mol. The summed E-state index contributed by atoms with van der Waals surface area (Å²) in [5, 5.41) is 17.6. The van der Waals surface area contributed by atoms with Crippen molar-refractivity contribution in [1.82, 2.24) is 20.4 Å². The molecule has 3 unspecified atom stereocenters. The van der Waals surface area contributed by atoms with E-state index in [0.29, 0.717) is 53.7 Å². The van der Waals surface area contributed by atoms with Crippen LogP contribution in [0.15, 0.2) is 87.7 Å². The van der Waals surface area contributed by atoms with Crippen LogP contribution in [-0.2, 0) is 10.8 Å². The molecule has 7 nitrogen and oxygen atoms in total. The Morgan fingerprint density at radius 1 is 0.600 bits per heavy atom. The van der Waals surface area contributed by atoms with Gasteiger partial charge in [-0.25, -0.2) is 0 Å². The highest BCUT2D eigenvalue weighted by Crippen LogP contribution is 2.44. The van der Waals surface area contributed by atoms with Crippen LogP contribution in [-0.4, -0.2) is 27.0 Å². The van der Waals surface area contributed by atoms with Crippen LogP contribution in [0.1, 0.15) is 65.5 Å². The van der Waals surface area contributed by atoms with E-state index in [2.05, 4.69) is 98.4 Å². The standard InChI is InChI=1S/C38H40N4O3/c1-37(2,3)30-13-9-24(10-14-30)33-39-41-35(44-33)27-19-28(21-32(20-27)43-22-29-18-23-7-8-26(29)17-23)36-42-40-34(45-36)25-11-15-31(16-12-25)38(4,5)6/h7-16,19-21,23,26,29H,17-18,22H2,1-6H3. The summed E-state index contributed by atoms with van der Waals surface area (Å²) >= 11 is 0. The van der Waals surface area contributed by atoms with Gasteiger partial charge in [-0.2, -0.15) is 0 Å². The van der Waals surface area contributed by atoms with Gasteiger partial charge in [0.2, 0.25) is 23.6 Å². The Labute approximate surface area is 264 Å². The van der Waals surface area contributed by atoms with Crippen molar-refractivity contribution in [2.24, 2.45) is 17.8 Å². The van der Waals surface area contributed by atoms with Crippen molar-refractivity contribution in [3.05, 3.63) is 90.0 Å². The largest absolute Gasteiger partial charge is 0.493 e. The molecule has 2 aliphatic rings. The van der Waals surface area contributed by atoms with Gasteiger partial charge < -0.3 is 13.6 Å². The maximum atomic E-state index is 6.43. The number of benzene rings is 3. The van der Waals surface area contributed by atoms with E-state index >= 15 is 0 Å². The highest BCUT2D eigenvalue weighted by molar-refractivity contribution is 5.69. The summed E-state index contributed by atoms with van der Waals surface area (Å²) in [6.07, 6.45) is 7.12. The molecule has 5 aromatic rings. The fourth-order valence-electron chi connectivity index (χ4n) is 6.36. The summed E-state index contributed by atoms with van der Waals surface area (Å²) in [7, 11) is 0. The van der Waals surface area contributed by atoms with Crippen molar-refractivity contribution in [2.45, 2.75) is 65.2 Å². The minimum Gasteiger partial charge on any atom is -0.493 e. The molecule has 3 aromatic carbocycles. The number of aromatic nitrogens is 4. The number of allylic oxidation sites excluding steroid dienone is 2. The van der Waals surface area contributed by atoms with Gasteiger partial charge in [-0.3, -0.25) is 0 Å². The molecule has 2 bridgehead atoms. The first-order valence-corrected chi connectivity index (χ1v) is 15.9. The number of hydrogen-bond acceptors (Lipinski definition) is 7. The second kappa shape index (κ2) is 11.1. The number of hydrogen-bond donors (Lipinski definition) is 0. The molecule has 0 radical (unpaired) electrons. The molecule has 1 fully saturated rings. The lowest BCUT2D eigenvalue weighted by Gasteiger charge is -2.19. The third-order valence-electron chi connectivity index (χ3n) is 9.13. The molecule has 0 aliphatic heterocycles. The highest BCUT2D eigenvalue weighted by atomic mass is 16.5. The van der Waals surface area contributed by atoms with Crippen LogP contribution in [0.4, 0.5) is 0 Å². The Hall–Kier alpha value is -4.52. The molecular formula is C38H40N4O3. The third-order valence-corrected chi connectivity index (χ3v) is 9.13. The van der Waals surface area contributed by atoms with Gasteiger partial charge >= 0.3 is 0 Å². The molecule has 7 heteroatoms. The molecule has 0 saturated heterocycles. The minimum absolute atomic E-state index is 0.0637. The van der Waals surface area contributed by atoms with Gasteiger partial charge in [-0.15, -0.1) is 20.4 Å². The van der Waals surface area contributed by atoms with E-state index in [0.717, 1.165) is 22.3 Å². The SMILES string of the molecule is CC(C)(C)c1ccc(-c2nnc(-c3cc(OCC4CC5C=CC4C5)cc(-c4nnc(-c5ccc(C(C)(C)C)cc5)o4)c3)o2)cc1. The van der Waals surface area contributed by atoms with Crippen LogP contribution in [0.25, 0.3) is 45.8 Å². The Morgan fingerprint density at radius 2 is 1.07 bits per heavy atom. The third kappa shape index (κ3) is 6.08. The van der Waals surface area contributed by atoms with Gasteiger partial charge in [0, 0.05) is 22.3 Å². The highest BCUT2D eigenvalue weighted by Gasteiger charge is 2.36. The van der Waals surface area contributed by atoms with Gasteiger partial charge in [-0.1, -0.05) is 78.0 Å². The van der Waals surface area contributed by atoms with Crippen molar-refractivity contribution in [2.75, 3.05) is 6.61 Å². The summed E-state index contributed by atoms with van der Waals surface area (Å²) in [6, 6.07) is 22.4. The van der Waals surface area contributed by atoms with E-state index in [1.807, 2.05) is 42.5 Å². The average Bonchev–Trinajstić information content (AvgIpc) is 3.84. The monoisotopic (exact) mass is 600 g/mol. The lowest BCUT2D eigenvalue weighted by molar-refractivity contribution is 0.228. The van der Waals surface area contributed by atoms with Gasteiger partial charge in [0.1, 0.15) is 5.75 Å². The molecule has 1 saturated carbocycles. The predicted molar refractivity (Wildman–Crippen MR) is 176 cm³/mol. The maximum Gasteiger partial charge on any atom is 0.248 e. The van der Waals surface area contributed by atoms with Crippen LogP contribution in [0.2, 0.25) is 0 Å². The smallest absolute Gasteiger partial charge is 0.248 e. The van der Waals surface area contributed by atoms with Crippen LogP contribution < -0.4 is 4.74 Å². The molecule has 2 aliphatic carbocycles. The second-order valence-corrected chi connectivity index (χ2v) is 14.6. The summed E-state index contributed by atoms with van der Waals surface area (Å²) in [6.45, 7) is 13.8.